The average molecular weight is 314 g/mol. The number of rotatable bonds is 7. The molecule has 2 amide bonds. The summed E-state index contributed by atoms with van der Waals surface area (Å²) in [5.74, 6) is -0.561. The van der Waals surface area contributed by atoms with Gasteiger partial charge in [0.25, 0.3) is 11.8 Å². The van der Waals surface area contributed by atoms with Gasteiger partial charge in [0.1, 0.15) is 11.8 Å². The second kappa shape index (κ2) is 8.55. The zero-order chi connectivity index (χ0) is 16.5. The normalized spacial score (nSPS) is 11.3. The van der Waals surface area contributed by atoms with E-state index in [4.69, 9.17) is 9.94 Å². The molecule has 0 bridgehead atoms. The van der Waals surface area contributed by atoms with Crippen molar-refractivity contribution >= 4 is 11.8 Å². The predicted octanol–water partition coefficient (Wildman–Crippen LogP) is 1.30. The molecule has 23 heavy (non-hydrogen) atoms. The van der Waals surface area contributed by atoms with Gasteiger partial charge >= 0.3 is 0 Å². The average Bonchev–Trinajstić information content (AvgIpc) is 2.60. The van der Waals surface area contributed by atoms with Crippen LogP contribution in [0.15, 0.2) is 60.7 Å². The number of carbonyl (C=O) groups is 2. The van der Waals surface area contributed by atoms with Gasteiger partial charge in [0, 0.05) is 6.42 Å². The van der Waals surface area contributed by atoms with E-state index in [0.717, 1.165) is 5.56 Å². The summed E-state index contributed by atoms with van der Waals surface area (Å²) in [4.78, 5) is 23.6. The smallest absolute Gasteiger partial charge is 0.266 e. The van der Waals surface area contributed by atoms with Gasteiger partial charge in [-0.1, -0.05) is 48.5 Å². The van der Waals surface area contributed by atoms with E-state index in [-0.39, 0.29) is 13.0 Å². The maximum atomic E-state index is 11.9. The van der Waals surface area contributed by atoms with Crippen molar-refractivity contribution in [1.29, 1.82) is 0 Å². The fourth-order valence-corrected chi connectivity index (χ4v) is 2.04. The predicted molar refractivity (Wildman–Crippen MR) is 83.9 cm³/mol. The zero-order valence-corrected chi connectivity index (χ0v) is 12.4. The number of hydroxylamine groups is 1. The molecule has 0 saturated heterocycles. The molecule has 0 heterocycles. The van der Waals surface area contributed by atoms with Crippen LogP contribution in [0.4, 0.5) is 0 Å². The first-order valence-electron chi connectivity index (χ1n) is 7.14. The quantitative estimate of drug-likeness (QED) is 0.531. The summed E-state index contributed by atoms with van der Waals surface area (Å²) in [5, 5.41) is 11.4. The second-order valence-corrected chi connectivity index (χ2v) is 4.89. The summed E-state index contributed by atoms with van der Waals surface area (Å²) in [6, 6.07) is 17.2. The number of nitrogens with one attached hydrogen (secondary N) is 2. The van der Waals surface area contributed by atoms with Gasteiger partial charge in [-0.2, -0.15) is 0 Å². The highest BCUT2D eigenvalue weighted by Gasteiger charge is 2.21. The molecule has 2 aromatic rings. The number of amides is 2. The van der Waals surface area contributed by atoms with Crippen molar-refractivity contribution in [3.63, 3.8) is 0 Å². The minimum Gasteiger partial charge on any atom is -0.484 e. The van der Waals surface area contributed by atoms with Crippen LogP contribution in [0, 0.1) is 0 Å². The highest BCUT2D eigenvalue weighted by Crippen LogP contribution is 2.08. The van der Waals surface area contributed by atoms with Crippen molar-refractivity contribution in [2.45, 2.75) is 12.5 Å². The number of carbonyl (C=O) groups excluding carboxylic acids is 2. The lowest BCUT2D eigenvalue weighted by atomic mass is 10.1. The zero-order valence-electron chi connectivity index (χ0n) is 12.4. The number of hydrogen-bond acceptors (Lipinski definition) is 4. The lowest BCUT2D eigenvalue weighted by molar-refractivity contribution is -0.135. The van der Waals surface area contributed by atoms with Crippen LogP contribution in [-0.2, 0) is 16.0 Å². The SMILES string of the molecule is O=C(COc1ccccc1)NC(Cc1ccccc1)C(=O)NO. The summed E-state index contributed by atoms with van der Waals surface area (Å²) in [6.45, 7) is -0.214. The van der Waals surface area contributed by atoms with Crippen molar-refractivity contribution in [3.8, 4) is 5.75 Å². The highest BCUT2D eigenvalue weighted by atomic mass is 16.5. The number of ether oxygens (including phenoxy) is 1. The monoisotopic (exact) mass is 314 g/mol. The lowest BCUT2D eigenvalue weighted by Gasteiger charge is -2.17. The highest BCUT2D eigenvalue weighted by molar-refractivity contribution is 5.87. The van der Waals surface area contributed by atoms with Gasteiger partial charge in [0.15, 0.2) is 6.61 Å². The maximum absolute atomic E-state index is 11.9. The molecule has 6 nitrogen and oxygen atoms in total. The Bertz CT molecular complexity index is 632. The molecule has 1 atom stereocenters. The van der Waals surface area contributed by atoms with Gasteiger partial charge < -0.3 is 10.1 Å². The molecule has 2 aromatic carbocycles. The van der Waals surface area contributed by atoms with Crippen LogP contribution >= 0.6 is 0 Å². The third-order valence-corrected chi connectivity index (χ3v) is 3.16. The second-order valence-electron chi connectivity index (χ2n) is 4.89. The van der Waals surface area contributed by atoms with Crippen LogP contribution in [0.2, 0.25) is 0 Å². The third-order valence-electron chi connectivity index (χ3n) is 3.16. The van der Waals surface area contributed by atoms with E-state index in [1.54, 1.807) is 29.7 Å². The molecule has 0 fully saturated rings. The molecule has 0 aliphatic heterocycles. The summed E-state index contributed by atoms with van der Waals surface area (Å²) in [5.41, 5.74) is 2.44. The first-order chi connectivity index (χ1) is 11.2. The Morgan fingerprint density at radius 2 is 1.61 bits per heavy atom. The molecular formula is C17H18N2O4. The summed E-state index contributed by atoms with van der Waals surface area (Å²) < 4.78 is 5.33. The molecule has 120 valence electrons. The summed E-state index contributed by atoms with van der Waals surface area (Å²) in [7, 11) is 0. The Balaban J connectivity index is 1.91. The van der Waals surface area contributed by atoms with Crippen LogP contribution in [0.1, 0.15) is 5.56 Å². The number of para-hydroxylation sites is 1. The summed E-state index contributed by atoms with van der Waals surface area (Å²) >= 11 is 0. The van der Waals surface area contributed by atoms with Gasteiger partial charge in [0.05, 0.1) is 0 Å². The van der Waals surface area contributed by atoms with E-state index < -0.39 is 17.9 Å². The first-order valence-corrected chi connectivity index (χ1v) is 7.14. The van der Waals surface area contributed by atoms with E-state index in [9.17, 15) is 9.59 Å². The molecular weight excluding hydrogens is 296 g/mol. The molecule has 3 N–H and O–H groups in total. The Hall–Kier alpha value is -2.86. The van der Waals surface area contributed by atoms with E-state index in [1.807, 2.05) is 36.4 Å². The molecule has 0 aliphatic carbocycles. The minimum atomic E-state index is -0.880. The lowest BCUT2D eigenvalue weighted by Crippen LogP contribution is -2.48. The largest absolute Gasteiger partial charge is 0.484 e. The van der Waals surface area contributed by atoms with Gasteiger partial charge in [0.2, 0.25) is 0 Å². The molecule has 0 saturated carbocycles. The van der Waals surface area contributed by atoms with Crippen LogP contribution in [0.5, 0.6) is 5.75 Å². The Morgan fingerprint density at radius 3 is 2.22 bits per heavy atom. The van der Waals surface area contributed by atoms with Crippen molar-refractivity contribution < 1.29 is 19.5 Å². The molecule has 2 rings (SSSR count). The fourth-order valence-electron chi connectivity index (χ4n) is 2.04. The third kappa shape index (κ3) is 5.44. The first kappa shape index (κ1) is 16.5. The van der Waals surface area contributed by atoms with E-state index in [2.05, 4.69) is 5.32 Å². The molecule has 6 heteroatoms. The molecule has 0 spiro atoms. The van der Waals surface area contributed by atoms with E-state index in [0.29, 0.717) is 5.75 Å². The Labute approximate surface area is 134 Å². The van der Waals surface area contributed by atoms with Crippen molar-refractivity contribution in [2.24, 2.45) is 0 Å². The summed E-state index contributed by atoms with van der Waals surface area (Å²) in [6.07, 6.45) is 0.268. The standard InChI is InChI=1S/C17H18N2O4/c20-16(12-23-14-9-5-2-6-10-14)18-15(17(21)19-22)11-13-7-3-1-4-8-13/h1-10,15,22H,11-12H2,(H,18,20)(H,19,21). The van der Waals surface area contributed by atoms with Gasteiger partial charge in [-0.3, -0.25) is 14.8 Å². The molecule has 0 aromatic heterocycles. The van der Waals surface area contributed by atoms with Crippen LogP contribution in [0.3, 0.4) is 0 Å². The number of benzene rings is 2. The van der Waals surface area contributed by atoms with E-state index in [1.165, 1.54) is 0 Å². The van der Waals surface area contributed by atoms with Crippen molar-refractivity contribution in [1.82, 2.24) is 10.8 Å². The van der Waals surface area contributed by atoms with Gasteiger partial charge in [-0.15, -0.1) is 0 Å². The molecule has 0 radical (unpaired) electrons. The Kier molecular flexibility index (Phi) is 6.14. The molecule has 0 aliphatic rings. The fraction of sp³-hybridized carbons (Fsp3) is 0.176. The maximum Gasteiger partial charge on any atom is 0.266 e. The number of hydrogen-bond donors (Lipinski definition) is 3. The van der Waals surface area contributed by atoms with Gasteiger partial charge in [-0.25, -0.2) is 5.48 Å². The van der Waals surface area contributed by atoms with Crippen LogP contribution in [0.25, 0.3) is 0 Å². The van der Waals surface area contributed by atoms with Crippen LogP contribution < -0.4 is 15.5 Å². The topological polar surface area (TPSA) is 87.7 Å². The molecule has 1 unspecified atom stereocenters. The Morgan fingerprint density at radius 1 is 1.00 bits per heavy atom. The van der Waals surface area contributed by atoms with Crippen molar-refractivity contribution in [3.05, 3.63) is 66.2 Å². The van der Waals surface area contributed by atoms with E-state index >= 15 is 0 Å². The van der Waals surface area contributed by atoms with Crippen molar-refractivity contribution in [2.75, 3.05) is 6.61 Å². The van der Waals surface area contributed by atoms with Crippen LogP contribution in [-0.4, -0.2) is 29.7 Å². The minimum absolute atomic E-state index is 0.214. The van der Waals surface area contributed by atoms with Gasteiger partial charge in [-0.05, 0) is 17.7 Å².